The van der Waals surface area contributed by atoms with E-state index in [1.807, 2.05) is 30.3 Å². The van der Waals surface area contributed by atoms with Crippen LogP contribution >= 0.6 is 0 Å². The van der Waals surface area contributed by atoms with E-state index in [4.69, 9.17) is 4.74 Å². The van der Waals surface area contributed by atoms with E-state index in [1.54, 1.807) is 0 Å². The van der Waals surface area contributed by atoms with Gasteiger partial charge in [-0.3, -0.25) is 4.90 Å². The summed E-state index contributed by atoms with van der Waals surface area (Å²) in [4.78, 5) is 2.09. The molecule has 1 heterocycles. The van der Waals surface area contributed by atoms with Crippen molar-refractivity contribution < 1.29 is 18.6 Å². The summed E-state index contributed by atoms with van der Waals surface area (Å²) in [5.74, 6) is 0. The van der Waals surface area contributed by atoms with Crippen LogP contribution in [0.3, 0.4) is 0 Å². The lowest BCUT2D eigenvalue weighted by atomic mass is 10.2. The molecule has 0 bridgehead atoms. The average molecular weight is 271 g/mol. The van der Waals surface area contributed by atoms with E-state index in [0.29, 0.717) is 19.5 Å². The van der Waals surface area contributed by atoms with Gasteiger partial charge in [-0.05, 0) is 12.0 Å². The lowest BCUT2D eigenvalue weighted by molar-refractivity contribution is -0.0200. The highest BCUT2D eigenvalue weighted by atomic mass is 19.3. The van der Waals surface area contributed by atoms with Gasteiger partial charge in [0, 0.05) is 19.1 Å². The minimum absolute atomic E-state index is 0.0112. The number of nitrogens with zero attached hydrogens (tertiary/aromatic N) is 1. The number of rotatable bonds is 6. The van der Waals surface area contributed by atoms with Crippen LogP contribution in [0.4, 0.5) is 8.78 Å². The van der Waals surface area contributed by atoms with Gasteiger partial charge in [-0.1, -0.05) is 30.3 Å². The Hall–Kier alpha value is -1.04. The molecule has 1 N–H and O–H groups in total. The van der Waals surface area contributed by atoms with Crippen LogP contribution in [0.1, 0.15) is 12.0 Å². The van der Waals surface area contributed by atoms with Crippen molar-refractivity contribution in [2.24, 2.45) is 0 Å². The van der Waals surface area contributed by atoms with Gasteiger partial charge in [0.05, 0.1) is 12.7 Å². The maximum absolute atomic E-state index is 12.1. The highest BCUT2D eigenvalue weighted by Crippen LogP contribution is 2.22. The van der Waals surface area contributed by atoms with Gasteiger partial charge in [0.1, 0.15) is 6.61 Å². The van der Waals surface area contributed by atoms with E-state index in [1.165, 1.54) is 0 Å². The molecule has 1 fully saturated rings. The van der Waals surface area contributed by atoms with E-state index < -0.39 is 13.0 Å². The Bertz CT molecular complexity index is 375. The second-order valence-electron chi connectivity index (χ2n) is 4.83. The van der Waals surface area contributed by atoms with Crippen molar-refractivity contribution in [1.82, 2.24) is 4.90 Å². The van der Waals surface area contributed by atoms with Gasteiger partial charge in [-0.15, -0.1) is 0 Å². The van der Waals surface area contributed by atoms with Crippen LogP contribution in [0, 0.1) is 0 Å². The first-order valence-electron chi connectivity index (χ1n) is 6.47. The van der Waals surface area contributed by atoms with Crippen LogP contribution < -0.4 is 0 Å². The quantitative estimate of drug-likeness (QED) is 0.858. The molecule has 3 nitrogen and oxygen atoms in total. The molecule has 0 aromatic heterocycles. The van der Waals surface area contributed by atoms with Gasteiger partial charge in [0.2, 0.25) is 0 Å². The molecule has 1 aliphatic rings. The minimum Gasteiger partial charge on any atom is -0.395 e. The SMILES string of the molecule is OCC1C[C@@H](OCC(F)F)CN1Cc1ccccc1. The number of hydrogen-bond acceptors (Lipinski definition) is 3. The van der Waals surface area contributed by atoms with Crippen LogP contribution in [0.25, 0.3) is 0 Å². The Balaban J connectivity index is 1.89. The Morgan fingerprint density at radius 1 is 1.32 bits per heavy atom. The molecule has 0 spiro atoms. The largest absolute Gasteiger partial charge is 0.395 e. The maximum Gasteiger partial charge on any atom is 0.261 e. The van der Waals surface area contributed by atoms with E-state index in [9.17, 15) is 13.9 Å². The van der Waals surface area contributed by atoms with Gasteiger partial charge in [0.25, 0.3) is 6.43 Å². The van der Waals surface area contributed by atoms with Gasteiger partial charge >= 0.3 is 0 Å². The standard InChI is InChI=1S/C14H19F2NO2/c15-14(16)10-19-13-6-12(9-18)17(8-13)7-11-4-2-1-3-5-11/h1-5,12-14,18H,6-10H2/t12?,13-/m1/s1. The molecule has 106 valence electrons. The molecule has 19 heavy (non-hydrogen) atoms. The summed E-state index contributed by atoms with van der Waals surface area (Å²) in [5, 5.41) is 9.36. The summed E-state index contributed by atoms with van der Waals surface area (Å²) in [5.41, 5.74) is 1.15. The number of aliphatic hydroxyl groups excluding tert-OH is 1. The number of benzene rings is 1. The summed E-state index contributed by atoms with van der Waals surface area (Å²) in [6, 6.07) is 9.89. The fourth-order valence-electron chi connectivity index (χ4n) is 2.47. The highest BCUT2D eigenvalue weighted by molar-refractivity contribution is 5.15. The predicted octanol–water partition coefficient (Wildman–Crippen LogP) is 1.90. The van der Waals surface area contributed by atoms with Crippen molar-refractivity contribution in [2.45, 2.75) is 31.5 Å². The molecule has 0 aliphatic carbocycles. The molecule has 1 aromatic carbocycles. The predicted molar refractivity (Wildman–Crippen MR) is 68.1 cm³/mol. The molecular formula is C14H19F2NO2. The van der Waals surface area contributed by atoms with E-state index in [-0.39, 0.29) is 18.8 Å². The molecular weight excluding hydrogens is 252 g/mol. The zero-order chi connectivity index (χ0) is 13.7. The molecule has 2 rings (SSSR count). The smallest absolute Gasteiger partial charge is 0.261 e. The fourth-order valence-corrected chi connectivity index (χ4v) is 2.47. The average Bonchev–Trinajstić information content (AvgIpc) is 2.80. The van der Waals surface area contributed by atoms with Crippen molar-refractivity contribution in [1.29, 1.82) is 0 Å². The van der Waals surface area contributed by atoms with Crippen LogP contribution in [0.15, 0.2) is 30.3 Å². The number of aliphatic hydroxyl groups is 1. The van der Waals surface area contributed by atoms with Crippen molar-refractivity contribution in [3.8, 4) is 0 Å². The van der Waals surface area contributed by atoms with Crippen molar-refractivity contribution >= 4 is 0 Å². The number of alkyl halides is 2. The normalized spacial score (nSPS) is 24.2. The monoisotopic (exact) mass is 271 g/mol. The lowest BCUT2D eigenvalue weighted by Crippen LogP contribution is -2.32. The number of halogens is 2. The van der Waals surface area contributed by atoms with Gasteiger partial charge in [0.15, 0.2) is 0 Å². The van der Waals surface area contributed by atoms with Crippen LogP contribution in [-0.4, -0.2) is 48.3 Å². The third-order valence-electron chi connectivity index (χ3n) is 3.39. The molecule has 1 aromatic rings. The third kappa shape index (κ3) is 4.23. The first-order chi connectivity index (χ1) is 9.19. The van der Waals surface area contributed by atoms with Crippen molar-refractivity contribution in [2.75, 3.05) is 19.8 Å². The van der Waals surface area contributed by atoms with E-state index >= 15 is 0 Å². The van der Waals surface area contributed by atoms with Crippen LogP contribution in [0.5, 0.6) is 0 Å². The Labute approximate surface area is 111 Å². The minimum atomic E-state index is -2.43. The Morgan fingerprint density at radius 2 is 2.05 bits per heavy atom. The summed E-state index contributed by atoms with van der Waals surface area (Å²) >= 11 is 0. The zero-order valence-corrected chi connectivity index (χ0v) is 10.7. The summed E-state index contributed by atoms with van der Waals surface area (Å²) in [7, 11) is 0. The van der Waals surface area contributed by atoms with Crippen molar-refractivity contribution in [3.05, 3.63) is 35.9 Å². The first kappa shape index (κ1) is 14.4. The topological polar surface area (TPSA) is 32.7 Å². The second kappa shape index (κ2) is 6.93. The molecule has 0 radical (unpaired) electrons. The number of hydrogen-bond donors (Lipinski definition) is 1. The maximum atomic E-state index is 12.1. The number of ether oxygens (including phenoxy) is 1. The van der Waals surface area contributed by atoms with E-state index in [2.05, 4.69) is 4.90 Å². The van der Waals surface area contributed by atoms with Gasteiger partial charge < -0.3 is 9.84 Å². The lowest BCUT2D eigenvalue weighted by Gasteiger charge is -2.22. The molecule has 5 heteroatoms. The fraction of sp³-hybridized carbons (Fsp3) is 0.571. The third-order valence-corrected chi connectivity index (χ3v) is 3.39. The van der Waals surface area contributed by atoms with Crippen LogP contribution in [0.2, 0.25) is 0 Å². The Morgan fingerprint density at radius 3 is 2.68 bits per heavy atom. The molecule has 0 amide bonds. The van der Waals surface area contributed by atoms with Crippen molar-refractivity contribution in [3.63, 3.8) is 0 Å². The molecule has 1 unspecified atom stereocenters. The zero-order valence-electron chi connectivity index (χ0n) is 10.7. The van der Waals surface area contributed by atoms with Gasteiger partial charge in [-0.25, -0.2) is 8.78 Å². The second-order valence-corrected chi connectivity index (χ2v) is 4.83. The molecule has 1 saturated heterocycles. The summed E-state index contributed by atoms with van der Waals surface area (Å²) < 4.78 is 29.4. The molecule has 2 atom stereocenters. The molecule has 0 saturated carbocycles. The summed E-state index contributed by atoms with van der Waals surface area (Å²) in [6.07, 6.45) is -2.04. The highest BCUT2D eigenvalue weighted by Gasteiger charge is 2.32. The molecule has 1 aliphatic heterocycles. The number of likely N-dealkylation sites (tertiary alicyclic amines) is 1. The first-order valence-corrected chi connectivity index (χ1v) is 6.47. The Kier molecular flexibility index (Phi) is 5.24. The van der Waals surface area contributed by atoms with Gasteiger partial charge in [-0.2, -0.15) is 0 Å². The van der Waals surface area contributed by atoms with Crippen LogP contribution in [-0.2, 0) is 11.3 Å². The summed E-state index contributed by atoms with van der Waals surface area (Å²) in [6.45, 7) is 0.802. The van der Waals surface area contributed by atoms with E-state index in [0.717, 1.165) is 5.56 Å².